The largest absolute Gasteiger partial charge is 0.497 e. The second-order valence-electron chi connectivity index (χ2n) is 7.50. The molecule has 8 heteroatoms. The summed E-state index contributed by atoms with van der Waals surface area (Å²) < 4.78 is 15.1. The lowest BCUT2D eigenvalue weighted by Gasteiger charge is -2.34. The Bertz CT molecular complexity index is 1040. The van der Waals surface area contributed by atoms with E-state index in [1.807, 2.05) is 4.90 Å². The van der Waals surface area contributed by atoms with Crippen LogP contribution < -0.4 is 14.4 Å². The monoisotopic (exact) mass is 438 g/mol. The molecule has 4 rings (SSSR count). The summed E-state index contributed by atoms with van der Waals surface area (Å²) >= 11 is 1.42. The van der Waals surface area contributed by atoms with E-state index in [1.165, 1.54) is 22.7 Å². The minimum atomic E-state index is -0.0310. The number of aromatic nitrogens is 2. The van der Waals surface area contributed by atoms with Crippen LogP contribution in [0.15, 0.2) is 42.5 Å². The Morgan fingerprint density at radius 3 is 2.45 bits per heavy atom. The number of nitrogens with zero attached hydrogens (tertiary/aromatic N) is 4. The van der Waals surface area contributed by atoms with Crippen LogP contribution in [0, 0.1) is 6.92 Å². The maximum Gasteiger partial charge on any atom is 0.257 e. The molecular formula is C23H26N4O3S. The Hall–Kier alpha value is -3.13. The van der Waals surface area contributed by atoms with Crippen molar-refractivity contribution < 1.29 is 14.3 Å². The summed E-state index contributed by atoms with van der Waals surface area (Å²) in [6.45, 7) is 4.78. The lowest BCUT2D eigenvalue weighted by atomic mass is 10.1. The molecule has 3 aromatic rings. The SMILES string of the molecule is COc1ccc(C(=O)N2CCN(c3nc(Cc4ccc(C)cc4)ns3)CC2)c(OC)c1. The topological polar surface area (TPSA) is 67.8 Å². The Balaban J connectivity index is 1.37. The average Bonchev–Trinajstić information content (AvgIpc) is 3.28. The van der Waals surface area contributed by atoms with Gasteiger partial charge in [-0.1, -0.05) is 29.8 Å². The smallest absolute Gasteiger partial charge is 0.257 e. The molecule has 0 aliphatic carbocycles. The van der Waals surface area contributed by atoms with Crippen LogP contribution in [-0.4, -0.2) is 60.6 Å². The average molecular weight is 439 g/mol. The van der Waals surface area contributed by atoms with Crippen LogP contribution in [0.25, 0.3) is 0 Å². The van der Waals surface area contributed by atoms with Crippen LogP contribution in [0.4, 0.5) is 5.13 Å². The minimum Gasteiger partial charge on any atom is -0.497 e. The maximum atomic E-state index is 13.0. The fourth-order valence-electron chi connectivity index (χ4n) is 3.58. The van der Waals surface area contributed by atoms with Gasteiger partial charge in [0.1, 0.15) is 17.3 Å². The number of methoxy groups -OCH3 is 2. The van der Waals surface area contributed by atoms with E-state index in [9.17, 15) is 4.79 Å². The van der Waals surface area contributed by atoms with Crippen molar-refractivity contribution in [2.24, 2.45) is 0 Å². The van der Waals surface area contributed by atoms with Gasteiger partial charge < -0.3 is 19.3 Å². The molecule has 1 aliphatic heterocycles. The van der Waals surface area contributed by atoms with Crippen molar-refractivity contribution in [3.63, 3.8) is 0 Å². The third-order valence-corrected chi connectivity index (χ3v) is 6.23. The van der Waals surface area contributed by atoms with Gasteiger partial charge in [-0.3, -0.25) is 4.79 Å². The first-order valence-electron chi connectivity index (χ1n) is 10.2. The standard InChI is InChI=1S/C23H26N4O3S/c1-16-4-6-17(7-5-16)14-21-24-23(31-25-21)27-12-10-26(11-13-27)22(28)19-9-8-18(29-2)15-20(19)30-3/h4-9,15H,10-14H2,1-3H3. The van der Waals surface area contributed by atoms with Crippen LogP contribution in [0.3, 0.4) is 0 Å². The highest BCUT2D eigenvalue weighted by Crippen LogP contribution is 2.27. The van der Waals surface area contributed by atoms with E-state index in [0.717, 1.165) is 30.5 Å². The van der Waals surface area contributed by atoms with E-state index in [0.29, 0.717) is 30.2 Å². The molecule has 2 aromatic carbocycles. The van der Waals surface area contributed by atoms with Gasteiger partial charge in [0.25, 0.3) is 5.91 Å². The predicted octanol–water partition coefficient (Wildman–Crippen LogP) is 3.42. The fraction of sp³-hybridized carbons (Fsp3) is 0.348. The van der Waals surface area contributed by atoms with Crippen LogP contribution >= 0.6 is 11.5 Å². The lowest BCUT2D eigenvalue weighted by Crippen LogP contribution is -2.48. The van der Waals surface area contributed by atoms with Crippen molar-refractivity contribution in [1.29, 1.82) is 0 Å². The zero-order valence-corrected chi connectivity index (χ0v) is 18.8. The summed E-state index contributed by atoms with van der Waals surface area (Å²) in [5.74, 6) is 1.99. The summed E-state index contributed by atoms with van der Waals surface area (Å²) in [6, 6.07) is 13.7. The van der Waals surface area contributed by atoms with Crippen molar-refractivity contribution in [2.75, 3.05) is 45.3 Å². The van der Waals surface area contributed by atoms with Gasteiger partial charge in [-0.15, -0.1) is 0 Å². The summed E-state index contributed by atoms with van der Waals surface area (Å²) in [4.78, 5) is 21.8. The van der Waals surface area contributed by atoms with Gasteiger partial charge in [-0.25, -0.2) is 4.98 Å². The zero-order chi connectivity index (χ0) is 21.8. The summed E-state index contributed by atoms with van der Waals surface area (Å²) in [7, 11) is 3.16. The number of rotatable bonds is 6. The number of ether oxygens (including phenoxy) is 2. The van der Waals surface area contributed by atoms with Crippen LogP contribution in [-0.2, 0) is 6.42 Å². The molecule has 1 saturated heterocycles. The molecule has 0 radical (unpaired) electrons. The zero-order valence-electron chi connectivity index (χ0n) is 18.0. The van der Waals surface area contributed by atoms with Crippen molar-refractivity contribution in [2.45, 2.75) is 13.3 Å². The van der Waals surface area contributed by atoms with Gasteiger partial charge in [-0.05, 0) is 24.6 Å². The first-order chi connectivity index (χ1) is 15.1. The van der Waals surface area contributed by atoms with Crippen LogP contribution in [0.5, 0.6) is 11.5 Å². The maximum absolute atomic E-state index is 13.0. The Morgan fingerprint density at radius 1 is 1.03 bits per heavy atom. The lowest BCUT2D eigenvalue weighted by molar-refractivity contribution is 0.0743. The molecule has 1 aliphatic rings. The van der Waals surface area contributed by atoms with E-state index in [2.05, 4.69) is 40.5 Å². The van der Waals surface area contributed by atoms with E-state index in [1.54, 1.807) is 32.4 Å². The number of anilines is 1. The van der Waals surface area contributed by atoms with Crippen LogP contribution in [0.1, 0.15) is 27.3 Å². The highest BCUT2D eigenvalue weighted by atomic mass is 32.1. The normalized spacial score (nSPS) is 13.9. The first kappa shape index (κ1) is 21.1. The van der Waals surface area contributed by atoms with Crippen molar-refractivity contribution >= 4 is 22.6 Å². The quantitative estimate of drug-likeness (QED) is 0.588. The number of hydrogen-bond donors (Lipinski definition) is 0. The number of carbonyl (C=O) groups is 1. The molecule has 31 heavy (non-hydrogen) atoms. The van der Waals surface area contributed by atoms with E-state index < -0.39 is 0 Å². The van der Waals surface area contributed by atoms with Crippen molar-refractivity contribution in [3.05, 3.63) is 65.0 Å². The van der Waals surface area contributed by atoms with E-state index in [-0.39, 0.29) is 5.91 Å². The van der Waals surface area contributed by atoms with Crippen molar-refractivity contribution in [3.8, 4) is 11.5 Å². The summed E-state index contributed by atoms with van der Waals surface area (Å²) in [6.07, 6.45) is 0.729. The molecule has 0 N–H and O–H groups in total. The van der Waals surface area contributed by atoms with Gasteiger partial charge in [0.15, 0.2) is 0 Å². The molecule has 1 fully saturated rings. The fourth-order valence-corrected chi connectivity index (χ4v) is 4.32. The molecule has 7 nitrogen and oxygen atoms in total. The number of amides is 1. The first-order valence-corrected chi connectivity index (χ1v) is 11.0. The Labute approximate surface area is 186 Å². The second-order valence-corrected chi connectivity index (χ2v) is 8.23. The van der Waals surface area contributed by atoms with Gasteiger partial charge >= 0.3 is 0 Å². The summed E-state index contributed by atoms with van der Waals surface area (Å²) in [5, 5.41) is 0.913. The number of carbonyl (C=O) groups excluding carboxylic acids is 1. The van der Waals surface area contributed by atoms with Gasteiger partial charge in [-0.2, -0.15) is 4.37 Å². The molecule has 0 spiro atoms. The molecule has 0 unspecified atom stereocenters. The number of benzene rings is 2. The van der Waals surface area contributed by atoms with Gasteiger partial charge in [0.2, 0.25) is 5.13 Å². The van der Waals surface area contributed by atoms with E-state index in [4.69, 9.17) is 14.5 Å². The molecule has 0 bridgehead atoms. The third kappa shape index (κ3) is 4.80. The molecule has 0 saturated carbocycles. The number of hydrogen-bond acceptors (Lipinski definition) is 7. The summed E-state index contributed by atoms with van der Waals surface area (Å²) in [5.41, 5.74) is 3.00. The highest BCUT2D eigenvalue weighted by Gasteiger charge is 2.26. The Morgan fingerprint density at radius 2 is 1.77 bits per heavy atom. The molecule has 0 atom stereocenters. The highest BCUT2D eigenvalue weighted by molar-refractivity contribution is 7.09. The van der Waals surface area contributed by atoms with Crippen LogP contribution in [0.2, 0.25) is 0 Å². The number of piperazine rings is 1. The molecule has 2 heterocycles. The molecule has 1 amide bonds. The van der Waals surface area contributed by atoms with E-state index >= 15 is 0 Å². The predicted molar refractivity (Wildman–Crippen MR) is 122 cm³/mol. The van der Waals surface area contributed by atoms with Gasteiger partial charge in [0, 0.05) is 50.2 Å². The molecule has 1 aromatic heterocycles. The third-order valence-electron chi connectivity index (χ3n) is 5.42. The number of aryl methyl sites for hydroxylation is 1. The molecular weight excluding hydrogens is 412 g/mol. The van der Waals surface area contributed by atoms with Gasteiger partial charge in [0.05, 0.1) is 19.8 Å². The Kier molecular flexibility index (Phi) is 6.36. The minimum absolute atomic E-state index is 0.0310. The second kappa shape index (κ2) is 9.34. The molecule has 162 valence electrons. The van der Waals surface area contributed by atoms with Crippen molar-refractivity contribution in [1.82, 2.24) is 14.3 Å².